The second kappa shape index (κ2) is 2.23. The first-order valence-corrected chi connectivity index (χ1v) is 5.21. The maximum atomic E-state index is 12.1. The summed E-state index contributed by atoms with van der Waals surface area (Å²) in [6, 6.07) is 0. The van der Waals surface area contributed by atoms with Gasteiger partial charge < -0.3 is 5.11 Å². The van der Waals surface area contributed by atoms with E-state index in [1.807, 2.05) is 6.92 Å². The van der Waals surface area contributed by atoms with E-state index >= 15 is 0 Å². The van der Waals surface area contributed by atoms with Crippen LogP contribution in [0.15, 0.2) is 11.8 Å². The van der Waals surface area contributed by atoms with Crippen LogP contribution in [0.2, 0.25) is 0 Å². The first-order valence-electron chi connectivity index (χ1n) is 5.21. The van der Waals surface area contributed by atoms with Crippen LogP contribution in [0.5, 0.6) is 0 Å². The maximum Gasteiger partial charge on any atom is 0.168 e. The first kappa shape index (κ1) is 9.75. The van der Waals surface area contributed by atoms with Gasteiger partial charge in [0.25, 0.3) is 0 Å². The van der Waals surface area contributed by atoms with E-state index in [0.717, 1.165) is 19.1 Å². The molecule has 2 saturated carbocycles. The smallest absolute Gasteiger partial charge is 0.168 e. The number of rotatable bonds is 0. The van der Waals surface area contributed by atoms with Crippen molar-refractivity contribution in [1.29, 1.82) is 0 Å². The van der Waals surface area contributed by atoms with Crippen LogP contribution in [0.4, 0.5) is 0 Å². The molecular formula is C12H18O2. The van der Waals surface area contributed by atoms with Crippen molar-refractivity contribution in [2.75, 3.05) is 0 Å². The highest BCUT2D eigenvalue weighted by Gasteiger charge is 2.70. The second-order valence-corrected chi connectivity index (χ2v) is 5.66. The van der Waals surface area contributed by atoms with Crippen LogP contribution >= 0.6 is 0 Å². The number of aliphatic hydroxyl groups excluding tert-OH is 1. The van der Waals surface area contributed by atoms with Gasteiger partial charge in [0.15, 0.2) is 5.78 Å². The monoisotopic (exact) mass is 194 g/mol. The molecule has 1 N–H and O–H groups in total. The van der Waals surface area contributed by atoms with Crippen molar-refractivity contribution in [1.82, 2.24) is 0 Å². The molecule has 2 heteroatoms. The van der Waals surface area contributed by atoms with Crippen molar-refractivity contribution in [3.8, 4) is 0 Å². The van der Waals surface area contributed by atoms with E-state index in [-0.39, 0.29) is 22.0 Å². The minimum absolute atomic E-state index is 0.0361. The number of hydrogen-bond donors (Lipinski definition) is 1. The van der Waals surface area contributed by atoms with Gasteiger partial charge in [-0.05, 0) is 18.3 Å². The maximum absolute atomic E-state index is 12.1. The molecule has 2 atom stereocenters. The van der Waals surface area contributed by atoms with Crippen LogP contribution in [0, 0.1) is 16.2 Å². The topological polar surface area (TPSA) is 37.3 Å². The van der Waals surface area contributed by atoms with E-state index in [9.17, 15) is 9.90 Å². The molecule has 0 aromatic carbocycles. The zero-order valence-corrected chi connectivity index (χ0v) is 9.35. The van der Waals surface area contributed by atoms with Gasteiger partial charge in [0, 0.05) is 16.4 Å². The summed E-state index contributed by atoms with van der Waals surface area (Å²) in [7, 11) is 0. The average molecular weight is 194 g/mol. The van der Waals surface area contributed by atoms with Gasteiger partial charge in [-0.25, -0.2) is 0 Å². The van der Waals surface area contributed by atoms with Gasteiger partial charge in [-0.1, -0.05) is 27.7 Å². The molecule has 14 heavy (non-hydrogen) atoms. The van der Waals surface area contributed by atoms with E-state index in [1.54, 1.807) is 0 Å². The molecule has 0 spiro atoms. The third kappa shape index (κ3) is 0.656. The molecule has 0 radical (unpaired) electrons. The molecule has 2 fully saturated rings. The Hall–Kier alpha value is -0.790. The lowest BCUT2D eigenvalue weighted by molar-refractivity contribution is -0.125. The first-order chi connectivity index (χ1) is 6.31. The summed E-state index contributed by atoms with van der Waals surface area (Å²) >= 11 is 0. The molecule has 2 aliphatic carbocycles. The molecular weight excluding hydrogens is 176 g/mol. The zero-order chi connectivity index (χ0) is 10.8. The van der Waals surface area contributed by atoms with Crippen molar-refractivity contribution in [2.45, 2.75) is 40.5 Å². The lowest BCUT2D eigenvalue weighted by Gasteiger charge is -2.37. The van der Waals surface area contributed by atoms with Gasteiger partial charge in [0.1, 0.15) is 0 Å². The molecule has 2 aliphatic rings. The third-order valence-electron chi connectivity index (χ3n) is 5.35. The van der Waals surface area contributed by atoms with Crippen molar-refractivity contribution in [2.24, 2.45) is 16.2 Å². The molecule has 0 aromatic heterocycles. The van der Waals surface area contributed by atoms with Gasteiger partial charge in [-0.3, -0.25) is 4.79 Å². The minimum atomic E-state index is -0.268. The van der Waals surface area contributed by atoms with Gasteiger partial charge >= 0.3 is 0 Å². The second-order valence-electron chi connectivity index (χ2n) is 5.66. The van der Waals surface area contributed by atoms with Crippen molar-refractivity contribution in [3.63, 3.8) is 0 Å². The molecule has 0 heterocycles. The molecule has 78 valence electrons. The highest BCUT2D eigenvalue weighted by atomic mass is 16.2. The van der Waals surface area contributed by atoms with E-state index in [2.05, 4.69) is 20.8 Å². The highest BCUT2D eigenvalue weighted by Crippen LogP contribution is 2.72. The Balaban J connectivity index is 2.69. The Morgan fingerprint density at radius 3 is 1.93 bits per heavy atom. The van der Waals surface area contributed by atoms with Gasteiger partial charge in [-0.2, -0.15) is 0 Å². The summed E-state index contributed by atoms with van der Waals surface area (Å²) in [6.45, 7) is 8.44. The van der Waals surface area contributed by atoms with Crippen molar-refractivity contribution >= 4 is 5.78 Å². The molecule has 2 unspecified atom stereocenters. The zero-order valence-electron chi connectivity index (χ0n) is 9.35. The Bertz CT molecular complexity index is 340. The quantitative estimate of drug-likeness (QED) is 0.475. The number of fused-ring (bicyclic) bond motifs is 2. The van der Waals surface area contributed by atoms with Crippen LogP contribution in [0.1, 0.15) is 40.5 Å². The molecule has 2 rings (SSSR count). The van der Waals surface area contributed by atoms with Crippen molar-refractivity contribution < 1.29 is 9.90 Å². The average Bonchev–Trinajstić information content (AvgIpc) is 2.34. The van der Waals surface area contributed by atoms with Crippen LogP contribution < -0.4 is 0 Å². The number of Topliss-reactive ketones (excluding diaryl/α,β-unsaturated/α-hetero) is 1. The van der Waals surface area contributed by atoms with Gasteiger partial charge in [0.2, 0.25) is 0 Å². The summed E-state index contributed by atoms with van der Waals surface area (Å²) in [5.41, 5.74) is 0.200. The summed E-state index contributed by atoms with van der Waals surface area (Å²) < 4.78 is 0. The van der Waals surface area contributed by atoms with Crippen LogP contribution in [-0.4, -0.2) is 10.9 Å². The largest absolute Gasteiger partial charge is 0.515 e. The predicted molar refractivity (Wildman–Crippen MR) is 54.9 cm³/mol. The predicted octanol–water partition coefficient (Wildman–Crippen LogP) is 2.84. The fourth-order valence-electron chi connectivity index (χ4n) is 3.35. The SMILES string of the molecule is CC12CCC(C)(/C(=C/O)C1=O)C2(C)C. The molecule has 2 bridgehead atoms. The molecule has 0 aromatic rings. The fraction of sp³-hybridized carbons (Fsp3) is 0.750. The Kier molecular flexibility index (Phi) is 1.56. The highest BCUT2D eigenvalue weighted by molar-refractivity contribution is 6.05. The number of hydrogen-bond acceptors (Lipinski definition) is 2. The minimum Gasteiger partial charge on any atom is -0.515 e. The third-order valence-corrected chi connectivity index (χ3v) is 5.35. The molecule has 0 saturated heterocycles. The summed E-state index contributed by atoms with van der Waals surface area (Å²) in [6.07, 6.45) is 3.00. The Labute approximate surface area is 85.0 Å². The summed E-state index contributed by atoms with van der Waals surface area (Å²) in [5.74, 6) is 0.152. The summed E-state index contributed by atoms with van der Waals surface area (Å²) in [4.78, 5) is 12.1. The lowest BCUT2D eigenvalue weighted by atomic mass is 9.65. The number of ketones is 1. The van der Waals surface area contributed by atoms with Crippen molar-refractivity contribution in [3.05, 3.63) is 11.8 Å². The number of carbonyl (C=O) groups excluding carboxylic acids is 1. The van der Waals surface area contributed by atoms with E-state index in [4.69, 9.17) is 0 Å². The normalized spacial score (nSPS) is 47.7. The van der Waals surface area contributed by atoms with Crippen LogP contribution in [0.3, 0.4) is 0 Å². The fourth-order valence-corrected chi connectivity index (χ4v) is 3.35. The van der Waals surface area contributed by atoms with Crippen LogP contribution in [0.25, 0.3) is 0 Å². The standard InChI is InChI=1S/C12H18O2/c1-10(2)11(3)5-6-12(10,4)9(14)8(11)7-13/h7,13H,5-6H2,1-4H3/b8-7+. The van der Waals surface area contributed by atoms with Gasteiger partial charge in [-0.15, -0.1) is 0 Å². The molecule has 0 amide bonds. The van der Waals surface area contributed by atoms with Crippen LogP contribution in [-0.2, 0) is 4.79 Å². The van der Waals surface area contributed by atoms with E-state index < -0.39 is 0 Å². The Morgan fingerprint density at radius 2 is 1.64 bits per heavy atom. The lowest BCUT2D eigenvalue weighted by Crippen LogP contribution is -2.34. The number of aliphatic hydroxyl groups is 1. The van der Waals surface area contributed by atoms with E-state index in [1.165, 1.54) is 0 Å². The molecule has 0 aliphatic heterocycles. The number of carbonyl (C=O) groups is 1. The van der Waals surface area contributed by atoms with E-state index in [0.29, 0.717) is 5.57 Å². The van der Waals surface area contributed by atoms with Gasteiger partial charge in [0.05, 0.1) is 6.26 Å². The molecule has 2 nitrogen and oxygen atoms in total. The number of allylic oxidation sites excluding steroid dienone is 1. The summed E-state index contributed by atoms with van der Waals surface area (Å²) in [5, 5.41) is 9.19. The Morgan fingerprint density at radius 1 is 1.14 bits per heavy atom.